The third-order valence-corrected chi connectivity index (χ3v) is 4.59. The van der Waals surface area contributed by atoms with Crippen LogP contribution in [0.15, 0.2) is 24.3 Å². The maximum atomic E-state index is 12.2. The maximum Gasteiger partial charge on any atom is 0.222 e. The summed E-state index contributed by atoms with van der Waals surface area (Å²) in [6.45, 7) is 6.00. The van der Waals surface area contributed by atoms with Gasteiger partial charge in [0.1, 0.15) is 5.82 Å². The van der Waals surface area contributed by atoms with Gasteiger partial charge in [-0.1, -0.05) is 32.4 Å². The van der Waals surface area contributed by atoms with E-state index in [2.05, 4.69) is 29.7 Å². The monoisotopic (exact) mass is 299 g/mol. The summed E-state index contributed by atoms with van der Waals surface area (Å²) in [6, 6.07) is 8.47. The van der Waals surface area contributed by atoms with Gasteiger partial charge in [-0.05, 0) is 31.4 Å². The van der Waals surface area contributed by atoms with Crippen LogP contribution in [0.5, 0.6) is 0 Å². The van der Waals surface area contributed by atoms with Crippen molar-refractivity contribution in [2.45, 2.75) is 58.5 Å². The first-order valence-electron chi connectivity index (χ1n) is 8.50. The summed E-state index contributed by atoms with van der Waals surface area (Å²) in [5.74, 6) is 1.32. The molecule has 4 nitrogen and oxygen atoms in total. The number of aromatic nitrogens is 2. The van der Waals surface area contributed by atoms with Crippen LogP contribution in [0.3, 0.4) is 0 Å². The number of imidazole rings is 1. The largest absolute Gasteiger partial charge is 0.333 e. The number of hydrogen-bond donors (Lipinski definition) is 0. The molecule has 3 rings (SSSR count). The Morgan fingerprint density at radius 3 is 2.91 bits per heavy atom. The Morgan fingerprint density at radius 2 is 2.14 bits per heavy atom. The van der Waals surface area contributed by atoms with Crippen molar-refractivity contribution in [3.63, 3.8) is 0 Å². The number of unbranched alkanes of at least 4 members (excludes halogenated alkanes) is 1. The van der Waals surface area contributed by atoms with Crippen molar-refractivity contribution in [3.05, 3.63) is 30.1 Å². The smallest absolute Gasteiger partial charge is 0.222 e. The molecule has 4 heteroatoms. The minimum absolute atomic E-state index is 0.150. The number of likely N-dealkylation sites (tertiary alicyclic amines) is 1. The predicted molar refractivity (Wildman–Crippen MR) is 88.6 cm³/mol. The highest BCUT2D eigenvalue weighted by atomic mass is 16.2. The predicted octanol–water partition coefficient (Wildman–Crippen LogP) is 3.91. The molecule has 0 bridgehead atoms. The molecule has 1 aliphatic heterocycles. The molecule has 1 aromatic heterocycles. The van der Waals surface area contributed by atoms with Crippen LogP contribution in [0, 0.1) is 0 Å². The van der Waals surface area contributed by atoms with Crippen LogP contribution in [0.2, 0.25) is 0 Å². The third kappa shape index (κ3) is 2.62. The van der Waals surface area contributed by atoms with Crippen molar-refractivity contribution in [1.29, 1.82) is 0 Å². The Hall–Kier alpha value is -1.84. The highest BCUT2D eigenvalue weighted by molar-refractivity contribution is 5.78. The van der Waals surface area contributed by atoms with Gasteiger partial charge in [-0.15, -0.1) is 0 Å². The van der Waals surface area contributed by atoms with Crippen LogP contribution in [0.4, 0.5) is 0 Å². The summed E-state index contributed by atoms with van der Waals surface area (Å²) in [5.41, 5.74) is 2.24. The standard InChI is InChI=1S/C18H25N3O/c1-3-5-12-21-15-10-7-6-9-14(15)19-18(21)16-11-8-13-20(16)17(22)4-2/h6-7,9-10,16H,3-5,8,11-13H2,1-2H3/t16-/m1/s1. The molecular formula is C18H25N3O. The van der Waals surface area contributed by atoms with Gasteiger partial charge in [0.2, 0.25) is 5.91 Å². The maximum absolute atomic E-state index is 12.2. The second-order valence-electron chi connectivity index (χ2n) is 6.06. The molecule has 2 heterocycles. The molecule has 1 saturated heterocycles. The molecule has 1 fully saturated rings. The molecule has 0 N–H and O–H groups in total. The molecule has 1 atom stereocenters. The average molecular weight is 299 g/mol. The van der Waals surface area contributed by atoms with Crippen molar-refractivity contribution >= 4 is 16.9 Å². The van der Waals surface area contributed by atoms with E-state index in [1.165, 1.54) is 5.52 Å². The zero-order valence-electron chi connectivity index (χ0n) is 13.6. The van der Waals surface area contributed by atoms with Gasteiger partial charge in [-0.25, -0.2) is 4.98 Å². The molecule has 22 heavy (non-hydrogen) atoms. The van der Waals surface area contributed by atoms with Crippen LogP contribution in [-0.2, 0) is 11.3 Å². The Labute approximate surface area is 132 Å². The van der Waals surface area contributed by atoms with Gasteiger partial charge in [0.05, 0.1) is 17.1 Å². The molecule has 0 aliphatic carbocycles. The van der Waals surface area contributed by atoms with Crippen molar-refractivity contribution in [2.24, 2.45) is 0 Å². The van der Waals surface area contributed by atoms with E-state index >= 15 is 0 Å². The number of rotatable bonds is 5. The fourth-order valence-electron chi connectivity index (χ4n) is 3.44. The van der Waals surface area contributed by atoms with E-state index in [0.29, 0.717) is 6.42 Å². The van der Waals surface area contributed by atoms with Crippen LogP contribution in [0.1, 0.15) is 57.8 Å². The van der Waals surface area contributed by atoms with E-state index in [9.17, 15) is 4.79 Å². The SMILES string of the molecule is CCCCn1c([C@H]2CCCN2C(=O)CC)nc2ccccc21. The average Bonchev–Trinajstić information content (AvgIpc) is 3.16. The number of amides is 1. The van der Waals surface area contributed by atoms with Crippen molar-refractivity contribution in [3.8, 4) is 0 Å². The highest BCUT2D eigenvalue weighted by Crippen LogP contribution is 2.34. The topological polar surface area (TPSA) is 38.1 Å². The first-order chi connectivity index (χ1) is 10.8. The molecule has 1 aliphatic rings. The fourth-order valence-corrected chi connectivity index (χ4v) is 3.44. The van der Waals surface area contributed by atoms with Gasteiger partial charge in [0.25, 0.3) is 0 Å². The summed E-state index contributed by atoms with van der Waals surface area (Å²) in [5, 5.41) is 0. The lowest BCUT2D eigenvalue weighted by molar-refractivity contribution is -0.131. The lowest BCUT2D eigenvalue weighted by Crippen LogP contribution is -2.31. The molecule has 2 aromatic rings. The molecule has 1 amide bonds. The number of benzene rings is 1. The van der Waals surface area contributed by atoms with E-state index in [1.54, 1.807) is 0 Å². The van der Waals surface area contributed by atoms with Gasteiger partial charge in [0, 0.05) is 19.5 Å². The van der Waals surface area contributed by atoms with Gasteiger partial charge in [-0.2, -0.15) is 0 Å². The van der Waals surface area contributed by atoms with E-state index in [-0.39, 0.29) is 11.9 Å². The minimum atomic E-state index is 0.150. The Morgan fingerprint density at radius 1 is 1.32 bits per heavy atom. The Kier molecular flexibility index (Phi) is 4.46. The first-order valence-corrected chi connectivity index (χ1v) is 8.50. The van der Waals surface area contributed by atoms with Crippen molar-refractivity contribution in [1.82, 2.24) is 14.5 Å². The second kappa shape index (κ2) is 6.51. The highest BCUT2D eigenvalue weighted by Gasteiger charge is 2.32. The summed E-state index contributed by atoms with van der Waals surface area (Å²) in [4.78, 5) is 19.1. The second-order valence-corrected chi connectivity index (χ2v) is 6.06. The van der Waals surface area contributed by atoms with E-state index < -0.39 is 0 Å². The molecule has 0 spiro atoms. The normalized spacial score (nSPS) is 18.3. The molecule has 118 valence electrons. The summed E-state index contributed by atoms with van der Waals surface area (Å²) in [7, 11) is 0. The third-order valence-electron chi connectivity index (χ3n) is 4.59. The van der Waals surface area contributed by atoms with Crippen LogP contribution >= 0.6 is 0 Å². The van der Waals surface area contributed by atoms with Crippen LogP contribution in [0.25, 0.3) is 11.0 Å². The molecule has 1 aromatic carbocycles. The quantitative estimate of drug-likeness (QED) is 0.839. The van der Waals surface area contributed by atoms with Gasteiger partial charge in [0.15, 0.2) is 0 Å². The number of fused-ring (bicyclic) bond motifs is 1. The van der Waals surface area contributed by atoms with Crippen LogP contribution in [-0.4, -0.2) is 26.9 Å². The Bertz CT molecular complexity index is 661. The molecule has 0 saturated carbocycles. The number of carbonyl (C=O) groups is 1. The van der Waals surface area contributed by atoms with E-state index in [4.69, 9.17) is 4.98 Å². The van der Waals surface area contributed by atoms with Crippen molar-refractivity contribution in [2.75, 3.05) is 6.54 Å². The fraction of sp³-hybridized carbons (Fsp3) is 0.556. The zero-order chi connectivity index (χ0) is 15.5. The first kappa shape index (κ1) is 15.1. The Balaban J connectivity index is 2.03. The summed E-state index contributed by atoms with van der Waals surface area (Å²) >= 11 is 0. The van der Waals surface area contributed by atoms with Gasteiger partial charge >= 0.3 is 0 Å². The summed E-state index contributed by atoms with van der Waals surface area (Å²) < 4.78 is 2.34. The van der Waals surface area contributed by atoms with Gasteiger partial charge < -0.3 is 9.47 Å². The molecule has 0 radical (unpaired) electrons. The number of aryl methyl sites for hydroxylation is 1. The van der Waals surface area contributed by atoms with Crippen molar-refractivity contribution < 1.29 is 4.79 Å². The summed E-state index contributed by atoms with van der Waals surface area (Å²) in [6.07, 6.45) is 4.98. The lowest BCUT2D eigenvalue weighted by atomic mass is 10.2. The number of hydrogen-bond acceptors (Lipinski definition) is 2. The number of carbonyl (C=O) groups excluding carboxylic acids is 1. The van der Waals surface area contributed by atoms with Gasteiger partial charge in [-0.3, -0.25) is 4.79 Å². The van der Waals surface area contributed by atoms with E-state index in [0.717, 1.165) is 50.1 Å². The zero-order valence-corrected chi connectivity index (χ0v) is 13.6. The molecular weight excluding hydrogens is 274 g/mol. The lowest BCUT2D eigenvalue weighted by Gasteiger charge is -2.24. The van der Waals surface area contributed by atoms with Crippen LogP contribution < -0.4 is 0 Å². The molecule has 0 unspecified atom stereocenters. The minimum Gasteiger partial charge on any atom is -0.333 e. The number of para-hydroxylation sites is 2. The van der Waals surface area contributed by atoms with E-state index in [1.807, 2.05) is 17.9 Å². The number of nitrogens with zero attached hydrogens (tertiary/aromatic N) is 3.